The van der Waals surface area contributed by atoms with Gasteiger partial charge in [0.2, 0.25) is 0 Å². The van der Waals surface area contributed by atoms with Crippen LogP contribution >= 0.6 is 0 Å². The van der Waals surface area contributed by atoms with Crippen molar-refractivity contribution in [2.45, 2.75) is 25.0 Å². The first kappa shape index (κ1) is 10.8. The zero-order valence-electron chi connectivity index (χ0n) is 8.55. The molecule has 0 aromatic heterocycles. The number of phenolic OH excluding ortho intramolecular Hbond substituents is 2. The number of carbonyl (C=O) groups excluding carboxylic acids is 1. The van der Waals surface area contributed by atoms with Crippen LogP contribution in [-0.4, -0.2) is 33.4 Å². The van der Waals surface area contributed by atoms with Gasteiger partial charge in [-0.3, -0.25) is 4.79 Å². The summed E-state index contributed by atoms with van der Waals surface area (Å²) in [6.07, 6.45) is 0.774. The molecule has 16 heavy (non-hydrogen) atoms. The highest BCUT2D eigenvalue weighted by Crippen LogP contribution is 2.22. The van der Waals surface area contributed by atoms with E-state index >= 15 is 0 Å². The molecule has 0 saturated heterocycles. The second-order valence-corrected chi connectivity index (χ2v) is 4.03. The molecular weight excluding hydrogens is 210 g/mol. The second kappa shape index (κ2) is 4.02. The summed E-state index contributed by atoms with van der Waals surface area (Å²) < 4.78 is 0. The lowest BCUT2D eigenvalue weighted by Gasteiger charge is -2.31. The molecule has 86 valence electrons. The fraction of sp³-hybridized carbons (Fsp3) is 0.364. The molecule has 1 aliphatic rings. The van der Waals surface area contributed by atoms with Gasteiger partial charge in [-0.2, -0.15) is 0 Å². The summed E-state index contributed by atoms with van der Waals surface area (Å²) in [6.45, 7) is 0. The number of hydrogen-bond acceptors (Lipinski definition) is 4. The topological polar surface area (TPSA) is 89.8 Å². The number of aromatic hydroxyl groups is 2. The van der Waals surface area contributed by atoms with Crippen molar-refractivity contribution >= 4 is 5.91 Å². The molecule has 5 heteroatoms. The number of nitrogens with one attached hydrogen (secondary N) is 1. The average molecular weight is 223 g/mol. The monoisotopic (exact) mass is 223 g/mol. The Bertz CT molecular complexity index is 392. The van der Waals surface area contributed by atoms with Gasteiger partial charge in [-0.25, -0.2) is 0 Å². The first-order chi connectivity index (χ1) is 7.54. The summed E-state index contributed by atoms with van der Waals surface area (Å²) in [6, 6.07) is 3.70. The Kier molecular flexibility index (Phi) is 2.70. The van der Waals surface area contributed by atoms with Gasteiger partial charge in [0.25, 0.3) is 5.91 Å². The molecule has 1 amide bonds. The summed E-state index contributed by atoms with van der Waals surface area (Å²) in [5, 5.41) is 30.2. The third kappa shape index (κ3) is 2.25. The van der Waals surface area contributed by atoms with Crippen molar-refractivity contribution in [3.8, 4) is 11.5 Å². The predicted octanol–water partition coefficient (Wildman–Crippen LogP) is 0.351. The lowest BCUT2D eigenvalue weighted by atomic mass is 9.89. The van der Waals surface area contributed by atoms with Gasteiger partial charge < -0.3 is 20.6 Å². The van der Waals surface area contributed by atoms with Crippen LogP contribution in [0.25, 0.3) is 0 Å². The molecule has 0 aliphatic heterocycles. The highest BCUT2D eigenvalue weighted by Gasteiger charge is 2.28. The van der Waals surface area contributed by atoms with Gasteiger partial charge in [-0.1, -0.05) is 0 Å². The number of amides is 1. The van der Waals surface area contributed by atoms with Crippen molar-refractivity contribution in [3.63, 3.8) is 0 Å². The molecule has 0 spiro atoms. The molecule has 1 aliphatic carbocycles. The molecule has 1 aromatic carbocycles. The molecule has 0 unspecified atom stereocenters. The van der Waals surface area contributed by atoms with Crippen molar-refractivity contribution in [3.05, 3.63) is 23.8 Å². The quantitative estimate of drug-likeness (QED) is 0.582. The van der Waals surface area contributed by atoms with Crippen molar-refractivity contribution in [1.29, 1.82) is 0 Å². The SMILES string of the molecule is O=C(NC1CC(O)C1)c1cc(O)cc(O)c1. The zero-order valence-corrected chi connectivity index (χ0v) is 8.55. The van der Waals surface area contributed by atoms with E-state index in [-0.39, 0.29) is 35.1 Å². The van der Waals surface area contributed by atoms with Crippen molar-refractivity contribution in [2.24, 2.45) is 0 Å². The first-order valence-corrected chi connectivity index (χ1v) is 5.06. The zero-order chi connectivity index (χ0) is 11.7. The van der Waals surface area contributed by atoms with Crippen LogP contribution in [0.4, 0.5) is 0 Å². The molecule has 1 aromatic rings. The largest absolute Gasteiger partial charge is 0.508 e. The van der Waals surface area contributed by atoms with E-state index in [1.807, 2.05) is 0 Å². The smallest absolute Gasteiger partial charge is 0.251 e. The fourth-order valence-electron chi connectivity index (χ4n) is 1.70. The Hall–Kier alpha value is -1.75. The molecule has 1 saturated carbocycles. The van der Waals surface area contributed by atoms with E-state index in [1.54, 1.807) is 0 Å². The summed E-state index contributed by atoms with van der Waals surface area (Å²) in [5.74, 6) is -0.666. The molecule has 0 bridgehead atoms. The maximum Gasteiger partial charge on any atom is 0.251 e. The van der Waals surface area contributed by atoms with Crippen molar-refractivity contribution in [1.82, 2.24) is 5.32 Å². The normalized spacial score (nSPS) is 23.6. The van der Waals surface area contributed by atoms with E-state index in [0.29, 0.717) is 12.8 Å². The van der Waals surface area contributed by atoms with Crippen LogP contribution in [0, 0.1) is 0 Å². The fourth-order valence-corrected chi connectivity index (χ4v) is 1.70. The predicted molar refractivity (Wildman–Crippen MR) is 56.3 cm³/mol. The molecule has 2 rings (SSSR count). The van der Waals surface area contributed by atoms with Gasteiger partial charge in [0.15, 0.2) is 0 Å². The van der Waals surface area contributed by atoms with Crippen LogP contribution in [-0.2, 0) is 0 Å². The summed E-state index contributed by atoms with van der Waals surface area (Å²) in [5.41, 5.74) is 0.207. The van der Waals surface area contributed by atoms with Gasteiger partial charge in [-0.05, 0) is 25.0 Å². The van der Waals surface area contributed by atoms with E-state index in [2.05, 4.69) is 5.32 Å². The maximum absolute atomic E-state index is 11.6. The van der Waals surface area contributed by atoms with Crippen LogP contribution < -0.4 is 5.32 Å². The number of phenols is 2. The number of benzene rings is 1. The minimum absolute atomic E-state index is 0.0213. The van der Waals surface area contributed by atoms with Gasteiger partial charge >= 0.3 is 0 Å². The van der Waals surface area contributed by atoms with Gasteiger partial charge in [0, 0.05) is 17.7 Å². The lowest BCUT2D eigenvalue weighted by molar-refractivity contribution is 0.0562. The molecule has 5 nitrogen and oxygen atoms in total. The van der Waals surface area contributed by atoms with Gasteiger partial charge in [-0.15, -0.1) is 0 Å². The molecule has 4 N–H and O–H groups in total. The summed E-state index contributed by atoms with van der Waals surface area (Å²) >= 11 is 0. The van der Waals surface area contributed by atoms with E-state index in [1.165, 1.54) is 12.1 Å². The van der Waals surface area contributed by atoms with E-state index in [0.717, 1.165) is 6.07 Å². The molecule has 0 heterocycles. The second-order valence-electron chi connectivity index (χ2n) is 4.03. The summed E-state index contributed by atoms with van der Waals surface area (Å²) in [4.78, 5) is 11.6. The van der Waals surface area contributed by atoms with E-state index < -0.39 is 0 Å². The Morgan fingerprint density at radius 1 is 1.19 bits per heavy atom. The molecule has 0 radical (unpaired) electrons. The minimum atomic E-state index is -0.358. The Morgan fingerprint density at radius 2 is 1.75 bits per heavy atom. The molecular formula is C11H13NO4. The van der Waals surface area contributed by atoms with Crippen LogP contribution in [0.1, 0.15) is 23.2 Å². The number of rotatable bonds is 2. The Morgan fingerprint density at radius 3 is 2.25 bits per heavy atom. The van der Waals surface area contributed by atoms with Crippen LogP contribution in [0.2, 0.25) is 0 Å². The number of carbonyl (C=O) groups is 1. The first-order valence-electron chi connectivity index (χ1n) is 5.06. The van der Waals surface area contributed by atoms with Gasteiger partial charge in [0.05, 0.1) is 6.10 Å². The number of aliphatic hydroxyl groups is 1. The summed E-state index contributed by atoms with van der Waals surface area (Å²) in [7, 11) is 0. The Balaban J connectivity index is 2.03. The maximum atomic E-state index is 11.6. The van der Waals surface area contributed by atoms with E-state index in [4.69, 9.17) is 5.11 Å². The Labute approximate surface area is 92.3 Å². The highest BCUT2D eigenvalue weighted by atomic mass is 16.3. The van der Waals surface area contributed by atoms with Crippen LogP contribution in [0.15, 0.2) is 18.2 Å². The highest BCUT2D eigenvalue weighted by molar-refractivity contribution is 5.95. The third-order valence-corrected chi connectivity index (χ3v) is 2.61. The molecule has 0 atom stereocenters. The van der Waals surface area contributed by atoms with Crippen molar-refractivity contribution < 1.29 is 20.1 Å². The van der Waals surface area contributed by atoms with Crippen LogP contribution in [0.3, 0.4) is 0 Å². The molecule has 1 fully saturated rings. The van der Waals surface area contributed by atoms with Gasteiger partial charge in [0.1, 0.15) is 11.5 Å². The third-order valence-electron chi connectivity index (χ3n) is 2.61. The van der Waals surface area contributed by atoms with E-state index in [9.17, 15) is 15.0 Å². The lowest BCUT2D eigenvalue weighted by Crippen LogP contribution is -2.46. The average Bonchev–Trinajstić information content (AvgIpc) is 2.13. The number of aliphatic hydroxyl groups excluding tert-OH is 1. The number of hydrogen-bond donors (Lipinski definition) is 4. The minimum Gasteiger partial charge on any atom is -0.508 e. The van der Waals surface area contributed by atoms with Crippen molar-refractivity contribution in [2.75, 3.05) is 0 Å². The van der Waals surface area contributed by atoms with Crippen LogP contribution in [0.5, 0.6) is 11.5 Å². The standard InChI is InChI=1S/C11H13NO4/c13-8-1-6(2-9(14)5-8)11(16)12-7-3-10(15)4-7/h1-2,5,7,10,13-15H,3-4H2,(H,12,16).